The Hall–Kier alpha value is -1.89. The first kappa shape index (κ1) is 15.6. The van der Waals surface area contributed by atoms with Crippen LogP contribution < -0.4 is 14.9 Å². The summed E-state index contributed by atoms with van der Waals surface area (Å²) in [6.07, 6.45) is 9.11. The zero-order valence-corrected chi connectivity index (χ0v) is 13.9. The number of hydrogen-bond acceptors (Lipinski definition) is 6. The second-order valence-electron chi connectivity index (χ2n) is 6.98. The number of carbonyl (C=O) groups is 1. The van der Waals surface area contributed by atoms with Crippen molar-refractivity contribution in [1.29, 1.82) is 0 Å². The Labute approximate surface area is 141 Å². The minimum absolute atomic E-state index is 0.194. The van der Waals surface area contributed by atoms with Crippen LogP contribution in [-0.4, -0.2) is 40.8 Å². The molecule has 2 aliphatic carbocycles. The summed E-state index contributed by atoms with van der Waals surface area (Å²) in [5.74, 6) is 1.82. The van der Waals surface area contributed by atoms with Crippen molar-refractivity contribution in [3.05, 3.63) is 11.9 Å². The van der Waals surface area contributed by atoms with Crippen LogP contribution in [0.4, 0.5) is 4.79 Å². The summed E-state index contributed by atoms with van der Waals surface area (Å²) in [5.41, 5.74) is 3.66. The number of nitrogens with one attached hydrogen (secondary N) is 1. The fourth-order valence-corrected chi connectivity index (χ4v) is 2.89. The summed E-state index contributed by atoms with van der Waals surface area (Å²) in [4.78, 5) is 20.8. The van der Waals surface area contributed by atoms with Gasteiger partial charge in [-0.2, -0.15) is 4.98 Å². The van der Waals surface area contributed by atoms with E-state index in [2.05, 4.69) is 15.4 Å². The molecule has 0 aromatic carbocycles. The van der Waals surface area contributed by atoms with E-state index >= 15 is 0 Å². The number of ether oxygens (including phenoxy) is 2. The first-order chi connectivity index (χ1) is 11.8. The quantitative estimate of drug-likeness (QED) is 0.863. The van der Waals surface area contributed by atoms with Crippen LogP contribution >= 0.6 is 0 Å². The number of carbonyl (C=O) groups excluding carboxylic acids is 1. The number of aromatic nitrogens is 2. The summed E-state index contributed by atoms with van der Waals surface area (Å²) in [6.45, 7) is 2.39. The lowest BCUT2D eigenvalue weighted by Crippen LogP contribution is -2.46. The fraction of sp³-hybridized carbons (Fsp3) is 0.706. The first-order valence-corrected chi connectivity index (χ1v) is 9.01. The van der Waals surface area contributed by atoms with Gasteiger partial charge in [0.25, 0.3) is 0 Å². The molecule has 0 radical (unpaired) electrons. The molecule has 1 aromatic heterocycles. The minimum atomic E-state index is -0.515. The van der Waals surface area contributed by atoms with Crippen LogP contribution in [0.3, 0.4) is 0 Å². The Bertz CT molecular complexity index is 595. The van der Waals surface area contributed by atoms with Gasteiger partial charge in [0.1, 0.15) is 5.69 Å². The molecule has 7 nitrogen and oxygen atoms in total. The molecule has 3 aliphatic rings. The lowest BCUT2D eigenvalue weighted by molar-refractivity contribution is 0.127. The second-order valence-corrected chi connectivity index (χ2v) is 6.98. The molecule has 1 saturated heterocycles. The van der Waals surface area contributed by atoms with Gasteiger partial charge in [0.15, 0.2) is 0 Å². The molecule has 1 aromatic rings. The lowest BCUT2D eigenvalue weighted by Gasteiger charge is -2.26. The largest absolute Gasteiger partial charge is 0.476 e. The van der Waals surface area contributed by atoms with Gasteiger partial charge in [-0.15, -0.1) is 0 Å². The van der Waals surface area contributed by atoms with E-state index in [0.29, 0.717) is 24.3 Å². The summed E-state index contributed by atoms with van der Waals surface area (Å²) in [7, 11) is 0. The molecule has 7 heteroatoms. The molecule has 1 amide bonds. The summed E-state index contributed by atoms with van der Waals surface area (Å²) >= 11 is 0. The van der Waals surface area contributed by atoms with Crippen LogP contribution in [0.25, 0.3) is 0 Å². The van der Waals surface area contributed by atoms with Gasteiger partial charge >= 0.3 is 6.09 Å². The van der Waals surface area contributed by atoms with Crippen LogP contribution in [0.5, 0.6) is 11.8 Å². The predicted molar refractivity (Wildman–Crippen MR) is 86.8 cm³/mol. The normalized spacial score (nSPS) is 21.3. The van der Waals surface area contributed by atoms with Gasteiger partial charge in [0.2, 0.25) is 11.8 Å². The van der Waals surface area contributed by atoms with Crippen LogP contribution in [0, 0.1) is 5.92 Å². The number of nitrogens with zero attached hydrogens (tertiary/aromatic N) is 3. The summed E-state index contributed by atoms with van der Waals surface area (Å²) in [5, 5.41) is 1.89. The standard InChI is InChI=1S/C17H24N4O3/c22-17(20-21-8-2-1-3-9-21)24-14-10-18-15(13-6-7-13)16(19-14)23-11-12-4-5-12/h10,12-13H,1-9,11H2,(H,20,22). The van der Waals surface area contributed by atoms with Gasteiger partial charge in [0.05, 0.1) is 12.8 Å². The Kier molecular flexibility index (Phi) is 4.51. The van der Waals surface area contributed by atoms with E-state index in [1.165, 1.54) is 25.5 Å². The third-order valence-corrected chi connectivity index (χ3v) is 4.66. The maximum Gasteiger partial charge on any atom is 0.428 e. The highest BCUT2D eigenvalue weighted by atomic mass is 16.6. The van der Waals surface area contributed by atoms with E-state index in [1.54, 1.807) is 0 Å². The van der Waals surface area contributed by atoms with Crippen molar-refractivity contribution in [3.63, 3.8) is 0 Å². The maximum absolute atomic E-state index is 12.0. The molecule has 2 heterocycles. The van der Waals surface area contributed by atoms with E-state index in [0.717, 1.165) is 44.5 Å². The SMILES string of the molecule is O=C(NN1CCCCC1)Oc1cnc(C2CC2)c(OCC2CC2)n1. The van der Waals surface area contributed by atoms with Crippen molar-refractivity contribution >= 4 is 6.09 Å². The van der Waals surface area contributed by atoms with Gasteiger partial charge in [-0.3, -0.25) is 5.43 Å². The fourth-order valence-electron chi connectivity index (χ4n) is 2.89. The van der Waals surface area contributed by atoms with Gasteiger partial charge in [-0.1, -0.05) is 6.42 Å². The van der Waals surface area contributed by atoms with E-state index in [1.807, 2.05) is 5.01 Å². The Balaban J connectivity index is 1.38. The Morgan fingerprint density at radius 1 is 1.21 bits per heavy atom. The summed E-state index contributed by atoms with van der Waals surface area (Å²) in [6, 6.07) is 0. The number of amides is 1. The molecular weight excluding hydrogens is 308 g/mol. The van der Waals surface area contributed by atoms with E-state index in [4.69, 9.17) is 9.47 Å². The molecule has 0 atom stereocenters. The highest BCUT2D eigenvalue weighted by molar-refractivity contribution is 5.69. The molecule has 130 valence electrons. The predicted octanol–water partition coefficient (Wildman–Crippen LogP) is 2.63. The highest BCUT2D eigenvalue weighted by Gasteiger charge is 2.31. The van der Waals surface area contributed by atoms with Crippen molar-refractivity contribution in [3.8, 4) is 11.8 Å². The average molecular weight is 332 g/mol. The van der Waals surface area contributed by atoms with Crippen molar-refractivity contribution in [2.75, 3.05) is 19.7 Å². The van der Waals surface area contributed by atoms with Crippen molar-refractivity contribution in [2.45, 2.75) is 50.9 Å². The number of hydrazine groups is 1. The van der Waals surface area contributed by atoms with E-state index in [-0.39, 0.29) is 5.88 Å². The molecule has 1 aliphatic heterocycles. The molecule has 0 bridgehead atoms. The van der Waals surface area contributed by atoms with E-state index < -0.39 is 6.09 Å². The van der Waals surface area contributed by atoms with Gasteiger partial charge in [0, 0.05) is 19.0 Å². The van der Waals surface area contributed by atoms with Gasteiger partial charge < -0.3 is 9.47 Å². The smallest absolute Gasteiger partial charge is 0.428 e. The Morgan fingerprint density at radius 3 is 2.71 bits per heavy atom. The number of piperidine rings is 1. The highest BCUT2D eigenvalue weighted by Crippen LogP contribution is 2.43. The number of hydrogen-bond donors (Lipinski definition) is 1. The third-order valence-electron chi connectivity index (χ3n) is 4.66. The molecule has 24 heavy (non-hydrogen) atoms. The molecule has 4 rings (SSSR count). The Morgan fingerprint density at radius 2 is 2.00 bits per heavy atom. The van der Waals surface area contributed by atoms with Crippen molar-refractivity contribution in [1.82, 2.24) is 20.4 Å². The molecule has 0 unspecified atom stereocenters. The minimum Gasteiger partial charge on any atom is -0.476 e. The maximum atomic E-state index is 12.0. The topological polar surface area (TPSA) is 76.6 Å². The second kappa shape index (κ2) is 6.93. The lowest BCUT2D eigenvalue weighted by atomic mass is 10.2. The van der Waals surface area contributed by atoms with Crippen LogP contribution in [0.2, 0.25) is 0 Å². The van der Waals surface area contributed by atoms with Gasteiger partial charge in [-0.25, -0.2) is 14.8 Å². The van der Waals surface area contributed by atoms with Crippen LogP contribution in [0.1, 0.15) is 56.6 Å². The molecule has 1 N–H and O–H groups in total. The number of rotatable bonds is 6. The zero-order chi connectivity index (χ0) is 16.4. The first-order valence-electron chi connectivity index (χ1n) is 9.01. The monoisotopic (exact) mass is 332 g/mol. The van der Waals surface area contributed by atoms with E-state index in [9.17, 15) is 4.79 Å². The van der Waals surface area contributed by atoms with Crippen LogP contribution in [0.15, 0.2) is 6.20 Å². The van der Waals surface area contributed by atoms with Crippen molar-refractivity contribution in [2.24, 2.45) is 5.92 Å². The molecule has 3 fully saturated rings. The molecular formula is C17H24N4O3. The molecule has 0 spiro atoms. The third kappa shape index (κ3) is 4.14. The van der Waals surface area contributed by atoms with Gasteiger partial charge in [-0.05, 0) is 44.4 Å². The average Bonchev–Trinajstić information content (AvgIpc) is 3.47. The zero-order valence-electron chi connectivity index (χ0n) is 13.9. The van der Waals surface area contributed by atoms with Crippen molar-refractivity contribution < 1.29 is 14.3 Å². The molecule has 2 saturated carbocycles. The van der Waals surface area contributed by atoms with Crippen LogP contribution in [-0.2, 0) is 0 Å². The summed E-state index contributed by atoms with van der Waals surface area (Å²) < 4.78 is 11.1.